The zero-order valence-electron chi connectivity index (χ0n) is 17.0. The molecule has 162 valence electrons. The van der Waals surface area contributed by atoms with E-state index in [4.69, 9.17) is 4.74 Å². The SMILES string of the molecule is CC(C)COCCCNC(=O)C1CCCN(C(=O)c2ccccc2OC(F)F)C1. The number of halogens is 2. The lowest BCUT2D eigenvalue weighted by molar-refractivity contribution is -0.126. The van der Waals surface area contributed by atoms with Crippen LogP contribution in [-0.2, 0) is 9.53 Å². The number of hydrogen-bond acceptors (Lipinski definition) is 4. The summed E-state index contributed by atoms with van der Waals surface area (Å²) in [4.78, 5) is 26.8. The van der Waals surface area contributed by atoms with Gasteiger partial charge in [0.05, 0.1) is 11.5 Å². The van der Waals surface area contributed by atoms with Crippen molar-refractivity contribution >= 4 is 11.8 Å². The summed E-state index contributed by atoms with van der Waals surface area (Å²) >= 11 is 0. The summed E-state index contributed by atoms with van der Waals surface area (Å²) in [6, 6.07) is 5.93. The van der Waals surface area contributed by atoms with Crippen molar-refractivity contribution in [3.63, 3.8) is 0 Å². The Morgan fingerprint density at radius 3 is 2.76 bits per heavy atom. The number of hydrogen-bond donors (Lipinski definition) is 1. The van der Waals surface area contributed by atoms with Crippen LogP contribution >= 0.6 is 0 Å². The highest BCUT2D eigenvalue weighted by molar-refractivity contribution is 5.97. The molecule has 1 aliphatic rings. The van der Waals surface area contributed by atoms with Crippen LogP contribution in [0.2, 0.25) is 0 Å². The van der Waals surface area contributed by atoms with E-state index < -0.39 is 12.5 Å². The molecule has 1 N–H and O–H groups in total. The van der Waals surface area contributed by atoms with E-state index in [1.54, 1.807) is 6.07 Å². The maximum absolute atomic E-state index is 12.8. The van der Waals surface area contributed by atoms with Crippen molar-refractivity contribution in [2.24, 2.45) is 11.8 Å². The van der Waals surface area contributed by atoms with Crippen molar-refractivity contribution in [1.29, 1.82) is 0 Å². The van der Waals surface area contributed by atoms with E-state index in [0.717, 1.165) is 6.42 Å². The number of para-hydroxylation sites is 1. The molecule has 8 heteroatoms. The van der Waals surface area contributed by atoms with Gasteiger partial charge in [-0.25, -0.2) is 0 Å². The number of carbonyl (C=O) groups excluding carboxylic acids is 2. The molecule has 0 spiro atoms. The maximum Gasteiger partial charge on any atom is 0.387 e. The van der Waals surface area contributed by atoms with Crippen molar-refractivity contribution in [1.82, 2.24) is 10.2 Å². The van der Waals surface area contributed by atoms with Crippen LogP contribution in [0.15, 0.2) is 24.3 Å². The molecule has 0 radical (unpaired) electrons. The molecule has 1 atom stereocenters. The number of benzene rings is 1. The van der Waals surface area contributed by atoms with Gasteiger partial charge >= 0.3 is 6.61 Å². The van der Waals surface area contributed by atoms with Gasteiger partial charge in [0.15, 0.2) is 0 Å². The third-order valence-corrected chi connectivity index (χ3v) is 4.63. The number of alkyl halides is 2. The average molecular weight is 412 g/mol. The van der Waals surface area contributed by atoms with Crippen LogP contribution in [0.4, 0.5) is 8.78 Å². The first kappa shape index (κ1) is 23.1. The van der Waals surface area contributed by atoms with Crippen LogP contribution < -0.4 is 10.1 Å². The minimum Gasteiger partial charge on any atom is -0.434 e. The smallest absolute Gasteiger partial charge is 0.387 e. The van der Waals surface area contributed by atoms with Crippen molar-refractivity contribution < 1.29 is 27.8 Å². The first-order valence-electron chi connectivity index (χ1n) is 10.1. The summed E-state index contributed by atoms with van der Waals surface area (Å²) in [5.41, 5.74) is 0.0798. The van der Waals surface area contributed by atoms with Gasteiger partial charge in [0.25, 0.3) is 5.91 Å². The molecule has 1 aromatic rings. The third-order valence-electron chi connectivity index (χ3n) is 4.63. The number of likely N-dealkylation sites (tertiary alicyclic amines) is 1. The van der Waals surface area contributed by atoms with Gasteiger partial charge in [0.2, 0.25) is 5.91 Å². The van der Waals surface area contributed by atoms with Crippen LogP contribution in [0.1, 0.15) is 43.5 Å². The number of nitrogens with zero attached hydrogens (tertiary/aromatic N) is 1. The van der Waals surface area contributed by atoms with Gasteiger partial charge in [-0.05, 0) is 37.3 Å². The number of amides is 2. The monoisotopic (exact) mass is 412 g/mol. The average Bonchev–Trinajstić information content (AvgIpc) is 2.69. The number of rotatable bonds is 10. The molecule has 2 rings (SSSR count). The highest BCUT2D eigenvalue weighted by atomic mass is 19.3. The molecule has 0 aliphatic carbocycles. The number of ether oxygens (including phenoxy) is 2. The molecular weight excluding hydrogens is 382 g/mol. The molecule has 1 saturated heterocycles. The van der Waals surface area contributed by atoms with Crippen LogP contribution in [0.3, 0.4) is 0 Å². The van der Waals surface area contributed by atoms with E-state index in [2.05, 4.69) is 23.9 Å². The highest BCUT2D eigenvalue weighted by Gasteiger charge is 2.30. The lowest BCUT2D eigenvalue weighted by Gasteiger charge is -2.32. The summed E-state index contributed by atoms with van der Waals surface area (Å²) in [7, 11) is 0. The van der Waals surface area contributed by atoms with Crippen LogP contribution in [-0.4, -0.2) is 56.2 Å². The van der Waals surface area contributed by atoms with Gasteiger partial charge < -0.3 is 19.7 Å². The van der Waals surface area contributed by atoms with E-state index in [9.17, 15) is 18.4 Å². The Morgan fingerprint density at radius 1 is 1.28 bits per heavy atom. The zero-order chi connectivity index (χ0) is 21.2. The standard InChI is InChI=1S/C21H30F2N2O4/c1-15(2)14-28-12-6-10-24-19(26)16-7-5-11-25(13-16)20(27)17-8-3-4-9-18(17)29-21(22)23/h3-4,8-9,15-16,21H,5-7,10-14H2,1-2H3,(H,24,26). The first-order chi connectivity index (χ1) is 13.9. The molecule has 1 heterocycles. The van der Waals surface area contributed by atoms with Gasteiger partial charge in [-0.1, -0.05) is 26.0 Å². The van der Waals surface area contributed by atoms with Gasteiger partial charge in [0.1, 0.15) is 5.75 Å². The van der Waals surface area contributed by atoms with E-state index in [0.29, 0.717) is 45.1 Å². The Kier molecular flexibility index (Phi) is 9.31. The second-order valence-corrected chi connectivity index (χ2v) is 7.58. The van der Waals surface area contributed by atoms with Gasteiger partial charge in [-0.15, -0.1) is 0 Å². The number of nitrogens with one attached hydrogen (secondary N) is 1. The minimum absolute atomic E-state index is 0.0798. The molecule has 1 aliphatic heterocycles. The molecule has 29 heavy (non-hydrogen) atoms. The molecule has 6 nitrogen and oxygen atoms in total. The van der Waals surface area contributed by atoms with E-state index in [1.165, 1.54) is 23.1 Å². The molecule has 0 saturated carbocycles. The van der Waals surface area contributed by atoms with Crippen LogP contribution in [0.25, 0.3) is 0 Å². The predicted octanol–water partition coefficient (Wildman–Crippen LogP) is 3.32. The fourth-order valence-corrected chi connectivity index (χ4v) is 3.24. The van der Waals surface area contributed by atoms with Crippen LogP contribution in [0, 0.1) is 11.8 Å². The number of piperidine rings is 1. The Hall–Kier alpha value is -2.22. The van der Waals surface area contributed by atoms with Crippen LogP contribution in [0.5, 0.6) is 5.75 Å². The Bertz CT molecular complexity index is 670. The number of carbonyl (C=O) groups is 2. The maximum atomic E-state index is 12.8. The fraction of sp³-hybridized carbons (Fsp3) is 0.619. The quantitative estimate of drug-likeness (QED) is 0.599. The lowest BCUT2D eigenvalue weighted by atomic mass is 9.96. The second-order valence-electron chi connectivity index (χ2n) is 7.58. The van der Waals surface area contributed by atoms with Gasteiger partial charge in [-0.3, -0.25) is 9.59 Å². The van der Waals surface area contributed by atoms with E-state index in [-0.39, 0.29) is 29.7 Å². The molecule has 0 bridgehead atoms. The van der Waals surface area contributed by atoms with Gasteiger partial charge in [-0.2, -0.15) is 8.78 Å². The lowest BCUT2D eigenvalue weighted by Crippen LogP contribution is -2.45. The molecular formula is C21H30F2N2O4. The highest BCUT2D eigenvalue weighted by Crippen LogP contribution is 2.25. The summed E-state index contributed by atoms with van der Waals surface area (Å²) in [5.74, 6) is -0.483. The normalized spacial score (nSPS) is 16.9. The van der Waals surface area contributed by atoms with Crippen molar-refractivity contribution in [2.75, 3.05) is 32.8 Å². The topological polar surface area (TPSA) is 67.9 Å². The fourth-order valence-electron chi connectivity index (χ4n) is 3.24. The summed E-state index contributed by atoms with van der Waals surface area (Å²) in [5, 5.41) is 2.90. The second kappa shape index (κ2) is 11.7. The molecule has 1 fully saturated rings. The summed E-state index contributed by atoms with van der Waals surface area (Å²) in [6.07, 6.45) is 2.10. The van der Waals surface area contributed by atoms with E-state index in [1.807, 2.05) is 0 Å². The van der Waals surface area contributed by atoms with Crippen molar-refractivity contribution in [3.05, 3.63) is 29.8 Å². The molecule has 0 aromatic heterocycles. The molecule has 1 aromatic carbocycles. The van der Waals surface area contributed by atoms with Gasteiger partial charge in [0, 0.05) is 32.8 Å². The zero-order valence-corrected chi connectivity index (χ0v) is 17.0. The Balaban J connectivity index is 1.85. The summed E-state index contributed by atoms with van der Waals surface area (Å²) in [6.45, 7) is 3.71. The first-order valence-corrected chi connectivity index (χ1v) is 10.1. The molecule has 1 unspecified atom stereocenters. The predicted molar refractivity (Wildman–Crippen MR) is 105 cm³/mol. The Labute approximate surface area is 170 Å². The summed E-state index contributed by atoms with van der Waals surface area (Å²) < 4.78 is 35.1. The van der Waals surface area contributed by atoms with Crippen molar-refractivity contribution in [3.8, 4) is 5.75 Å². The largest absolute Gasteiger partial charge is 0.434 e. The Morgan fingerprint density at radius 2 is 2.03 bits per heavy atom. The van der Waals surface area contributed by atoms with Crippen molar-refractivity contribution in [2.45, 2.75) is 39.7 Å². The molecule has 2 amide bonds. The minimum atomic E-state index is -3.01. The van der Waals surface area contributed by atoms with E-state index >= 15 is 0 Å². The third kappa shape index (κ3) is 7.61.